The molecule has 0 bridgehead atoms. The highest BCUT2D eigenvalue weighted by Gasteiger charge is 2.41. The van der Waals surface area contributed by atoms with Crippen molar-refractivity contribution in [3.05, 3.63) is 91.7 Å². The van der Waals surface area contributed by atoms with E-state index in [0.29, 0.717) is 17.8 Å². The zero-order valence-corrected chi connectivity index (χ0v) is 18.6. The number of thiophene rings is 2. The Morgan fingerprint density at radius 2 is 1.84 bits per heavy atom. The van der Waals surface area contributed by atoms with Crippen molar-refractivity contribution in [1.29, 1.82) is 0 Å². The lowest BCUT2D eigenvalue weighted by atomic mass is 9.74. The van der Waals surface area contributed by atoms with Crippen molar-refractivity contribution in [2.75, 3.05) is 5.32 Å². The second-order valence-electron chi connectivity index (χ2n) is 7.72. The summed E-state index contributed by atoms with van der Waals surface area (Å²) in [5.74, 6) is 0.185. The second kappa shape index (κ2) is 8.24. The molecule has 5 nitrogen and oxygen atoms in total. The van der Waals surface area contributed by atoms with E-state index in [0.717, 1.165) is 28.3 Å². The lowest BCUT2D eigenvalue weighted by Gasteiger charge is -2.36. The van der Waals surface area contributed by atoms with Gasteiger partial charge in [-0.15, -0.1) is 22.7 Å². The van der Waals surface area contributed by atoms with Crippen molar-refractivity contribution >= 4 is 40.2 Å². The van der Waals surface area contributed by atoms with Crippen LogP contribution in [0, 0.1) is 0 Å². The average Bonchev–Trinajstić information content (AvgIpc) is 3.47. The fourth-order valence-electron chi connectivity index (χ4n) is 4.43. The number of nitrogens with zero attached hydrogens (tertiary/aromatic N) is 1. The molecule has 1 amide bonds. The van der Waals surface area contributed by atoms with Crippen molar-refractivity contribution in [1.82, 2.24) is 10.3 Å². The number of anilines is 1. The van der Waals surface area contributed by atoms with Gasteiger partial charge in [0, 0.05) is 50.8 Å². The number of pyridine rings is 1. The fraction of sp³-hybridized carbons (Fsp3) is 0.208. The minimum Gasteiger partial charge on any atom is -0.362 e. The first-order valence-electron chi connectivity index (χ1n) is 10.1. The van der Waals surface area contributed by atoms with Crippen LogP contribution < -0.4 is 10.6 Å². The van der Waals surface area contributed by atoms with Crippen LogP contribution >= 0.6 is 22.7 Å². The molecule has 0 spiro atoms. The van der Waals surface area contributed by atoms with Crippen molar-refractivity contribution in [2.24, 2.45) is 0 Å². The molecule has 0 radical (unpaired) electrons. The van der Waals surface area contributed by atoms with Gasteiger partial charge in [-0.1, -0.05) is 18.2 Å². The highest BCUT2D eigenvalue weighted by Crippen LogP contribution is 2.47. The van der Waals surface area contributed by atoms with E-state index >= 15 is 0 Å². The van der Waals surface area contributed by atoms with Crippen LogP contribution in [0.5, 0.6) is 0 Å². The number of amides is 1. The second-order valence-corrected chi connectivity index (χ2v) is 9.68. The van der Waals surface area contributed by atoms with Gasteiger partial charge < -0.3 is 10.6 Å². The zero-order valence-electron chi connectivity index (χ0n) is 16.9. The molecular formula is C24H21N3O2S2. The maximum Gasteiger partial charge on any atom is 0.255 e. The number of aromatic nitrogens is 1. The number of hydrogen-bond donors (Lipinski definition) is 2. The summed E-state index contributed by atoms with van der Waals surface area (Å²) in [5, 5.41) is 10.4. The van der Waals surface area contributed by atoms with Gasteiger partial charge in [-0.3, -0.25) is 9.59 Å². The predicted molar refractivity (Wildman–Crippen MR) is 124 cm³/mol. The number of carbonyl (C=O) groups excluding carboxylic acids is 2. The first-order chi connectivity index (χ1) is 15.1. The maximum absolute atomic E-state index is 13.4. The van der Waals surface area contributed by atoms with Crippen LogP contribution in [0.1, 0.15) is 41.4 Å². The zero-order chi connectivity index (χ0) is 21.4. The van der Waals surface area contributed by atoms with Crippen molar-refractivity contribution in [3.8, 4) is 0 Å². The van der Waals surface area contributed by atoms with Gasteiger partial charge in [0.1, 0.15) is 5.82 Å². The topological polar surface area (TPSA) is 71.1 Å². The molecule has 1 aliphatic heterocycles. The molecule has 7 heteroatoms. The van der Waals surface area contributed by atoms with Crippen LogP contribution in [-0.2, 0) is 9.59 Å². The van der Waals surface area contributed by atoms with Crippen LogP contribution in [0.15, 0.2) is 82.0 Å². The Labute approximate surface area is 188 Å². The third-order valence-corrected chi connectivity index (χ3v) is 7.72. The first kappa shape index (κ1) is 19.9. The summed E-state index contributed by atoms with van der Waals surface area (Å²) in [7, 11) is 0. The smallest absolute Gasteiger partial charge is 0.255 e. The average molecular weight is 448 g/mol. The minimum absolute atomic E-state index is 0.112. The Morgan fingerprint density at radius 3 is 2.52 bits per heavy atom. The minimum atomic E-state index is -0.364. The molecule has 2 atom stereocenters. The molecule has 156 valence electrons. The number of Topliss-reactive ketones (excluding diaryl/α,β-unsaturated/α-hetero) is 1. The Hall–Kier alpha value is -3.03. The highest BCUT2D eigenvalue weighted by atomic mass is 32.1. The number of hydrogen-bond acceptors (Lipinski definition) is 6. The Kier molecular flexibility index (Phi) is 5.29. The summed E-state index contributed by atoms with van der Waals surface area (Å²) in [5.41, 5.74) is 3.03. The van der Waals surface area contributed by atoms with Crippen LogP contribution in [-0.4, -0.2) is 16.7 Å². The molecule has 3 aromatic heterocycles. The molecule has 5 rings (SSSR count). The number of allylic oxidation sites excluding steroid dienone is 3. The molecule has 0 saturated heterocycles. The lowest BCUT2D eigenvalue weighted by Crippen LogP contribution is -2.36. The monoisotopic (exact) mass is 447 g/mol. The van der Waals surface area contributed by atoms with Gasteiger partial charge in [0.2, 0.25) is 0 Å². The third-order valence-electron chi connectivity index (χ3n) is 5.75. The number of rotatable bonds is 4. The molecule has 2 aliphatic rings. The van der Waals surface area contributed by atoms with Crippen molar-refractivity contribution in [2.45, 2.75) is 31.6 Å². The van der Waals surface area contributed by atoms with Crippen molar-refractivity contribution in [3.63, 3.8) is 0 Å². The van der Waals surface area contributed by atoms with Gasteiger partial charge >= 0.3 is 0 Å². The summed E-state index contributed by atoms with van der Waals surface area (Å²) >= 11 is 3.27. The van der Waals surface area contributed by atoms with Crippen LogP contribution in [0.25, 0.3) is 0 Å². The predicted octanol–water partition coefficient (Wildman–Crippen LogP) is 5.20. The number of nitrogens with one attached hydrogen (secondary N) is 2. The fourth-order valence-corrected chi connectivity index (χ4v) is 6.10. The van der Waals surface area contributed by atoms with Gasteiger partial charge in [0.25, 0.3) is 5.91 Å². The normalized spacial score (nSPS) is 21.0. The SMILES string of the molecule is CC1=C(C(=O)Nc2ccccn2)C(c2cccs2)C2=C(CC(c3cccs3)CC2=O)N1. The van der Waals surface area contributed by atoms with E-state index in [1.54, 1.807) is 41.0 Å². The Balaban J connectivity index is 1.54. The largest absolute Gasteiger partial charge is 0.362 e. The van der Waals surface area contributed by atoms with Crippen LogP contribution in [0.4, 0.5) is 5.82 Å². The van der Waals surface area contributed by atoms with E-state index in [1.807, 2.05) is 36.6 Å². The van der Waals surface area contributed by atoms with Gasteiger partial charge in [-0.05, 0) is 48.4 Å². The molecule has 0 fully saturated rings. The third kappa shape index (κ3) is 3.75. The molecule has 3 aromatic rings. The molecule has 1 aliphatic carbocycles. The molecule has 4 heterocycles. The van der Waals surface area contributed by atoms with Gasteiger partial charge in [0.05, 0.1) is 5.92 Å². The summed E-state index contributed by atoms with van der Waals surface area (Å²) in [6.07, 6.45) is 2.88. The van der Waals surface area contributed by atoms with Crippen molar-refractivity contribution < 1.29 is 9.59 Å². The molecule has 2 unspecified atom stereocenters. The molecular weight excluding hydrogens is 426 g/mol. The standard InChI is InChI=1S/C24H21N3O2S2/c1-14-21(24(29)27-20-8-2-3-9-25-20)23(19-7-5-11-31-19)22-16(26-14)12-15(13-17(22)28)18-6-4-10-30-18/h2-11,15,23,26H,12-13H2,1H3,(H,25,27,29). The quantitative estimate of drug-likeness (QED) is 0.576. The van der Waals surface area contributed by atoms with E-state index in [9.17, 15) is 9.59 Å². The molecule has 2 N–H and O–H groups in total. The summed E-state index contributed by atoms with van der Waals surface area (Å²) < 4.78 is 0. The molecule has 0 saturated carbocycles. The summed E-state index contributed by atoms with van der Waals surface area (Å²) in [6, 6.07) is 13.5. The number of ketones is 1. The van der Waals surface area contributed by atoms with E-state index in [4.69, 9.17) is 0 Å². The van der Waals surface area contributed by atoms with E-state index in [1.165, 1.54) is 4.88 Å². The first-order valence-corrected chi connectivity index (χ1v) is 11.9. The molecule has 0 aromatic carbocycles. The summed E-state index contributed by atoms with van der Waals surface area (Å²) in [6.45, 7) is 1.91. The van der Waals surface area contributed by atoms with E-state index < -0.39 is 0 Å². The lowest BCUT2D eigenvalue weighted by molar-refractivity contribution is -0.116. The van der Waals surface area contributed by atoms with Crippen LogP contribution in [0.3, 0.4) is 0 Å². The number of carbonyl (C=O) groups is 2. The van der Waals surface area contributed by atoms with Gasteiger partial charge in [-0.2, -0.15) is 0 Å². The maximum atomic E-state index is 13.4. The molecule has 31 heavy (non-hydrogen) atoms. The summed E-state index contributed by atoms with van der Waals surface area (Å²) in [4.78, 5) is 33.2. The van der Waals surface area contributed by atoms with Gasteiger partial charge in [0.15, 0.2) is 5.78 Å². The number of dihydropyridines is 1. The Morgan fingerprint density at radius 1 is 1.06 bits per heavy atom. The van der Waals surface area contributed by atoms with Gasteiger partial charge in [-0.25, -0.2) is 4.98 Å². The Bertz CT molecular complexity index is 1180. The highest BCUT2D eigenvalue weighted by molar-refractivity contribution is 7.10. The van der Waals surface area contributed by atoms with Crippen LogP contribution in [0.2, 0.25) is 0 Å². The van der Waals surface area contributed by atoms with E-state index in [2.05, 4.69) is 27.1 Å². The van der Waals surface area contributed by atoms with E-state index in [-0.39, 0.29) is 23.5 Å².